The van der Waals surface area contributed by atoms with Crippen LogP contribution in [0.1, 0.15) is 0 Å². The van der Waals surface area contributed by atoms with Gasteiger partial charge in [-0.3, -0.25) is 4.55 Å². The summed E-state index contributed by atoms with van der Waals surface area (Å²) in [5.74, 6) is -0.0119. The lowest BCUT2D eigenvalue weighted by Crippen LogP contribution is -1.97. The van der Waals surface area contributed by atoms with Crippen molar-refractivity contribution in [2.75, 3.05) is 0 Å². The molecule has 2 aromatic rings. The molecule has 0 fully saturated rings. The molecular formula is C10H7O4S. The number of phenolic OH excluding ortho intramolecular Hbond substituents is 1. The summed E-state index contributed by atoms with van der Waals surface area (Å²) in [4.78, 5) is -0.172. The molecule has 2 N–H and O–H groups in total. The van der Waals surface area contributed by atoms with Crippen LogP contribution in [0.3, 0.4) is 0 Å². The molecule has 0 amide bonds. The van der Waals surface area contributed by atoms with E-state index in [1.807, 2.05) is 0 Å². The van der Waals surface area contributed by atoms with Gasteiger partial charge in [0.15, 0.2) is 0 Å². The standard InChI is InChI=1S/C10H7O4S/c11-9-3-1-8-6-10(15(12,13)14)4-2-7(8)5-9/h1-4,6,11H,(H,12,13,14). The minimum absolute atomic E-state index is 0.0119. The van der Waals surface area contributed by atoms with Crippen molar-refractivity contribution < 1.29 is 18.1 Å². The third kappa shape index (κ3) is 1.93. The Morgan fingerprint density at radius 3 is 2.53 bits per heavy atom. The van der Waals surface area contributed by atoms with E-state index in [2.05, 4.69) is 6.07 Å². The molecule has 0 atom stereocenters. The fourth-order valence-corrected chi connectivity index (χ4v) is 1.82. The predicted molar refractivity (Wildman–Crippen MR) is 54.3 cm³/mol. The third-order valence-corrected chi connectivity index (χ3v) is 2.85. The first-order valence-corrected chi connectivity index (χ1v) is 5.53. The van der Waals surface area contributed by atoms with Crippen LogP contribution >= 0.6 is 0 Å². The Balaban J connectivity index is 2.73. The summed E-state index contributed by atoms with van der Waals surface area (Å²) < 4.78 is 30.5. The SMILES string of the molecule is O=S(=O)(O)c1ccc2[c]c(O)ccc2c1. The van der Waals surface area contributed by atoms with Crippen LogP contribution in [0.2, 0.25) is 0 Å². The topological polar surface area (TPSA) is 74.6 Å². The van der Waals surface area contributed by atoms with Crippen LogP contribution in [0.15, 0.2) is 35.2 Å². The van der Waals surface area contributed by atoms with Crippen LogP contribution in [0.4, 0.5) is 0 Å². The van der Waals surface area contributed by atoms with Gasteiger partial charge in [0.1, 0.15) is 5.75 Å². The molecule has 0 heterocycles. The summed E-state index contributed by atoms with van der Waals surface area (Å²) >= 11 is 0. The molecule has 0 unspecified atom stereocenters. The van der Waals surface area contributed by atoms with E-state index in [1.54, 1.807) is 6.07 Å². The largest absolute Gasteiger partial charge is 0.507 e. The Bertz CT molecular complexity index is 616. The van der Waals surface area contributed by atoms with E-state index in [-0.39, 0.29) is 10.6 Å². The average Bonchev–Trinajstić information content (AvgIpc) is 2.15. The van der Waals surface area contributed by atoms with Crippen LogP contribution in [0.5, 0.6) is 5.75 Å². The molecule has 0 spiro atoms. The quantitative estimate of drug-likeness (QED) is 0.720. The minimum Gasteiger partial charge on any atom is -0.507 e. The van der Waals surface area contributed by atoms with Crippen LogP contribution in [-0.2, 0) is 10.1 Å². The number of rotatable bonds is 1. The number of hydrogen-bond donors (Lipinski definition) is 2. The molecular weight excluding hydrogens is 216 g/mol. The summed E-state index contributed by atoms with van der Waals surface area (Å²) in [6, 6.07) is 9.65. The van der Waals surface area contributed by atoms with Crippen molar-refractivity contribution in [1.82, 2.24) is 0 Å². The maximum Gasteiger partial charge on any atom is 0.294 e. The molecule has 2 aromatic carbocycles. The molecule has 77 valence electrons. The molecule has 0 aliphatic carbocycles. The van der Waals surface area contributed by atoms with E-state index in [0.29, 0.717) is 10.8 Å². The molecule has 2 rings (SSSR count). The van der Waals surface area contributed by atoms with E-state index >= 15 is 0 Å². The zero-order valence-electron chi connectivity index (χ0n) is 7.51. The van der Waals surface area contributed by atoms with E-state index in [4.69, 9.17) is 9.66 Å². The smallest absolute Gasteiger partial charge is 0.294 e. The van der Waals surface area contributed by atoms with Crippen LogP contribution < -0.4 is 0 Å². The van der Waals surface area contributed by atoms with Gasteiger partial charge in [0, 0.05) is 6.07 Å². The second-order valence-electron chi connectivity index (χ2n) is 3.07. The number of phenols is 1. The van der Waals surface area contributed by atoms with Crippen molar-refractivity contribution in [3.63, 3.8) is 0 Å². The van der Waals surface area contributed by atoms with Crippen molar-refractivity contribution in [2.45, 2.75) is 4.90 Å². The Morgan fingerprint density at radius 1 is 1.13 bits per heavy atom. The van der Waals surface area contributed by atoms with Crippen LogP contribution in [-0.4, -0.2) is 18.1 Å². The first-order valence-electron chi connectivity index (χ1n) is 4.09. The van der Waals surface area contributed by atoms with Gasteiger partial charge < -0.3 is 5.11 Å². The van der Waals surface area contributed by atoms with Gasteiger partial charge in [-0.15, -0.1) is 0 Å². The van der Waals surface area contributed by atoms with Crippen molar-refractivity contribution >= 4 is 20.9 Å². The Labute approximate surface area is 86.5 Å². The van der Waals surface area contributed by atoms with Gasteiger partial charge in [-0.05, 0) is 29.0 Å². The summed E-state index contributed by atoms with van der Waals surface area (Å²) in [5.41, 5.74) is 0. The summed E-state index contributed by atoms with van der Waals surface area (Å²) in [5, 5.41) is 10.3. The summed E-state index contributed by atoms with van der Waals surface area (Å²) in [6.45, 7) is 0. The van der Waals surface area contributed by atoms with E-state index < -0.39 is 10.1 Å². The number of aromatic hydroxyl groups is 1. The first-order chi connectivity index (χ1) is 6.97. The predicted octanol–water partition coefficient (Wildman–Crippen LogP) is 1.59. The van der Waals surface area contributed by atoms with Gasteiger partial charge >= 0.3 is 0 Å². The zero-order chi connectivity index (χ0) is 11.1. The lowest BCUT2D eigenvalue weighted by atomic mass is 10.1. The maximum atomic E-state index is 10.8. The Kier molecular flexibility index (Phi) is 2.13. The molecule has 0 aliphatic heterocycles. The highest BCUT2D eigenvalue weighted by Gasteiger charge is 2.09. The lowest BCUT2D eigenvalue weighted by Gasteiger charge is -2.00. The molecule has 0 aliphatic rings. The van der Waals surface area contributed by atoms with Gasteiger partial charge in [0.25, 0.3) is 10.1 Å². The minimum atomic E-state index is -4.18. The second-order valence-corrected chi connectivity index (χ2v) is 4.49. The highest BCUT2D eigenvalue weighted by Crippen LogP contribution is 2.22. The van der Waals surface area contributed by atoms with Gasteiger partial charge in [-0.25, -0.2) is 0 Å². The van der Waals surface area contributed by atoms with Crippen molar-refractivity contribution in [1.29, 1.82) is 0 Å². The van der Waals surface area contributed by atoms with Crippen molar-refractivity contribution in [3.05, 3.63) is 36.4 Å². The molecule has 0 aromatic heterocycles. The highest BCUT2D eigenvalue weighted by molar-refractivity contribution is 7.85. The number of fused-ring (bicyclic) bond motifs is 1. The molecule has 4 nitrogen and oxygen atoms in total. The monoisotopic (exact) mass is 223 g/mol. The van der Waals surface area contributed by atoms with Gasteiger partial charge in [0.2, 0.25) is 0 Å². The lowest BCUT2D eigenvalue weighted by molar-refractivity contribution is 0.475. The molecule has 0 bridgehead atoms. The molecule has 15 heavy (non-hydrogen) atoms. The van der Waals surface area contributed by atoms with Gasteiger partial charge in [-0.2, -0.15) is 8.42 Å². The van der Waals surface area contributed by atoms with Gasteiger partial charge in [-0.1, -0.05) is 12.1 Å². The highest BCUT2D eigenvalue weighted by atomic mass is 32.2. The third-order valence-electron chi connectivity index (χ3n) is 2.00. The molecule has 0 saturated carbocycles. The van der Waals surface area contributed by atoms with E-state index in [0.717, 1.165) is 0 Å². The average molecular weight is 223 g/mol. The number of benzene rings is 2. The summed E-state index contributed by atoms with van der Waals surface area (Å²) in [7, 11) is -4.18. The first kappa shape index (κ1) is 9.95. The second kappa shape index (κ2) is 3.22. The summed E-state index contributed by atoms with van der Waals surface area (Å²) in [6.07, 6.45) is 0. The van der Waals surface area contributed by atoms with Crippen LogP contribution in [0, 0.1) is 6.07 Å². The van der Waals surface area contributed by atoms with E-state index in [9.17, 15) is 8.42 Å². The Morgan fingerprint density at radius 2 is 1.87 bits per heavy atom. The fourth-order valence-electron chi connectivity index (χ4n) is 1.30. The van der Waals surface area contributed by atoms with Crippen molar-refractivity contribution in [2.24, 2.45) is 0 Å². The molecule has 0 saturated heterocycles. The fraction of sp³-hybridized carbons (Fsp3) is 0. The molecule has 5 heteroatoms. The Hall–Kier alpha value is -1.59. The van der Waals surface area contributed by atoms with Gasteiger partial charge in [0.05, 0.1) is 4.90 Å². The zero-order valence-corrected chi connectivity index (χ0v) is 8.32. The normalized spacial score (nSPS) is 11.8. The van der Waals surface area contributed by atoms with E-state index in [1.165, 1.54) is 24.3 Å². The molecule has 1 radical (unpaired) electrons. The van der Waals surface area contributed by atoms with Crippen LogP contribution in [0.25, 0.3) is 10.8 Å². The maximum absolute atomic E-state index is 10.8. The van der Waals surface area contributed by atoms with Crippen molar-refractivity contribution in [3.8, 4) is 5.75 Å². The number of hydrogen-bond acceptors (Lipinski definition) is 3.